The molecule has 3 heterocycles. The summed E-state index contributed by atoms with van der Waals surface area (Å²) < 4.78 is 5.49. The Morgan fingerprint density at radius 2 is 2.15 bits per heavy atom. The van der Waals surface area contributed by atoms with Crippen molar-refractivity contribution in [3.05, 3.63) is 6.07 Å². The first-order valence-electron chi connectivity index (χ1n) is 6.22. The average Bonchev–Trinajstić information content (AvgIpc) is 2.93. The van der Waals surface area contributed by atoms with Crippen molar-refractivity contribution < 1.29 is 20.1 Å². The summed E-state index contributed by atoms with van der Waals surface area (Å²) in [6.45, 7) is -0.0409. The van der Waals surface area contributed by atoms with E-state index in [1.54, 1.807) is 11.0 Å². The zero-order valence-corrected chi connectivity index (χ0v) is 10.6. The average molecular weight is 283 g/mol. The molecule has 0 saturated carbocycles. The number of ether oxygens (including phenoxy) is 1. The fourth-order valence-corrected chi connectivity index (χ4v) is 2.59. The van der Waals surface area contributed by atoms with E-state index in [1.807, 2.05) is 0 Å². The van der Waals surface area contributed by atoms with Crippen molar-refractivity contribution in [3.63, 3.8) is 0 Å². The number of pyridine rings is 1. The summed E-state index contributed by atoms with van der Waals surface area (Å²) in [5, 5.41) is 32.0. The van der Waals surface area contributed by atoms with E-state index in [9.17, 15) is 10.2 Å². The number of aliphatic hydroxyl groups is 3. The maximum Gasteiger partial charge on any atom is 0.161 e. The van der Waals surface area contributed by atoms with Crippen LogP contribution in [0, 0.1) is 0 Å². The molecule has 0 aromatic carbocycles. The molecule has 0 radical (unpaired) electrons. The second kappa shape index (κ2) is 4.63. The number of aliphatic hydroxyl groups excluding tert-OH is 3. The molecule has 9 heteroatoms. The van der Waals surface area contributed by atoms with Gasteiger partial charge in [-0.25, -0.2) is 4.98 Å². The maximum absolute atomic E-state index is 10.0. The van der Waals surface area contributed by atoms with Crippen LogP contribution in [0.25, 0.3) is 0 Å². The van der Waals surface area contributed by atoms with Crippen LogP contribution in [-0.4, -0.2) is 58.1 Å². The number of nitrogen functional groups attached to an aromatic ring is 2. The van der Waals surface area contributed by atoms with Gasteiger partial charge < -0.3 is 41.7 Å². The summed E-state index contributed by atoms with van der Waals surface area (Å²) in [5.74, 6) is 0.510. The Labute approximate surface area is 114 Å². The predicted octanol–water partition coefficient (Wildman–Crippen LogP) is -2.13. The first kappa shape index (κ1) is 13.2. The van der Waals surface area contributed by atoms with E-state index in [2.05, 4.69) is 10.3 Å². The van der Waals surface area contributed by atoms with Crippen LogP contribution in [0.1, 0.15) is 0 Å². The molecule has 1 aromatic rings. The number of nitrogens with two attached hydrogens (primary N) is 2. The monoisotopic (exact) mass is 283 g/mol. The van der Waals surface area contributed by atoms with Crippen LogP contribution in [-0.2, 0) is 4.74 Å². The van der Waals surface area contributed by atoms with Crippen LogP contribution in [0.3, 0.4) is 0 Å². The summed E-state index contributed by atoms with van der Waals surface area (Å²) in [6.07, 6.45) is -3.91. The topological polar surface area (TPSA) is 150 Å². The molecule has 110 valence electrons. The Bertz CT molecular complexity index is 528. The molecule has 0 spiro atoms. The Morgan fingerprint density at radius 1 is 1.40 bits per heavy atom. The molecule has 3 rings (SSSR count). The van der Waals surface area contributed by atoms with Gasteiger partial charge >= 0.3 is 0 Å². The van der Waals surface area contributed by atoms with Gasteiger partial charge in [-0.05, 0) is 0 Å². The maximum atomic E-state index is 10.0. The van der Waals surface area contributed by atoms with Crippen molar-refractivity contribution in [2.24, 2.45) is 0 Å². The van der Waals surface area contributed by atoms with Crippen LogP contribution in [0.15, 0.2) is 6.07 Å². The highest BCUT2D eigenvalue weighted by Gasteiger charge is 2.46. The molecule has 20 heavy (non-hydrogen) atoms. The van der Waals surface area contributed by atoms with Gasteiger partial charge in [0.1, 0.15) is 29.8 Å². The highest BCUT2D eigenvalue weighted by atomic mass is 16.6. The fraction of sp³-hybridized carbons (Fsp3) is 0.545. The predicted molar refractivity (Wildman–Crippen MR) is 71.8 cm³/mol. The largest absolute Gasteiger partial charge is 0.394 e. The third kappa shape index (κ3) is 1.83. The van der Waals surface area contributed by atoms with Gasteiger partial charge in [-0.15, -0.1) is 0 Å². The van der Waals surface area contributed by atoms with Crippen LogP contribution >= 0.6 is 0 Å². The number of nitrogens with one attached hydrogen (secondary N) is 1. The zero-order valence-electron chi connectivity index (χ0n) is 10.6. The molecule has 4 atom stereocenters. The van der Waals surface area contributed by atoms with Gasteiger partial charge in [0, 0.05) is 6.07 Å². The first-order valence-corrected chi connectivity index (χ1v) is 6.22. The number of hydrogen-bond acceptors (Lipinski definition) is 9. The Hall–Kier alpha value is -1.81. The van der Waals surface area contributed by atoms with Gasteiger partial charge in [-0.2, -0.15) is 0 Å². The van der Waals surface area contributed by atoms with E-state index in [0.717, 1.165) is 0 Å². The summed E-state index contributed by atoms with van der Waals surface area (Å²) in [5.41, 5.74) is 12.7. The number of nitrogens with zero attached hydrogens (tertiary/aromatic N) is 2. The quantitative estimate of drug-likeness (QED) is 0.358. The van der Waals surface area contributed by atoms with E-state index in [4.69, 9.17) is 21.3 Å². The highest BCUT2D eigenvalue weighted by molar-refractivity contribution is 5.85. The van der Waals surface area contributed by atoms with Crippen molar-refractivity contribution in [2.75, 3.05) is 35.0 Å². The summed E-state index contributed by atoms with van der Waals surface area (Å²) in [7, 11) is 0. The van der Waals surface area contributed by atoms with E-state index in [0.29, 0.717) is 18.0 Å². The summed E-state index contributed by atoms with van der Waals surface area (Å²) in [6, 6.07) is 1.61. The van der Waals surface area contributed by atoms with E-state index >= 15 is 0 Å². The second-order valence-corrected chi connectivity index (χ2v) is 4.86. The van der Waals surface area contributed by atoms with Crippen LogP contribution < -0.4 is 21.7 Å². The van der Waals surface area contributed by atoms with E-state index < -0.39 is 24.5 Å². The summed E-state index contributed by atoms with van der Waals surface area (Å²) in [4.78, 5) is 5.63. The molecule has 9 nitrogen and oxygen atoms in total. The lowest BCUT2D eigenvalue weighted by Gasteiger charge is -2.27. The van der Waals surface area contributed by atoms with Crippen LogP contribution in [0.2, 0.25) is 0 Å². The number of rotatable bonds is 2. The van der Waals surface area contributed by atoms with E-state index in [-0.39, 0.29) is 18.2 Å². The third-order valence-electron chi connectivity index (χ3n) is 3.61. The number of anilines is 4. The molecule has 0 amide bonds. The van der Waals surface area contributed by atoms with Crippen molar-refractivity contribution in [3.8, 4) is 0 Å². The van der Waals surface area contributed by atoms with Gasteiger partial charge in [-0.1, -0.05) is 0 Å². The van der Waals surface area contributed by atoms with Crippen molar-refractivity contribution in [2.45, 2.75) is 24.5 Å². The Balaban J connectivity index is 1.92. The molecular weight excluding hydrogens is 266 g/mol. The lowest BCUT2D eigenvalue weighted by Crippen LogP contribution is -2.44. The minimum atomic E-state index is -1.15. The third-order valence-corrected chi connectivity index (χ3v) is 3.61. The second-order valence-electron chi connectivity index (χ2n) is 4.86. The minimum absolute atomic E-state index is 0.252. The van der Waals surface area contributed by atoms with Gasteiger partial charge in [0.2, 0.25) is 0 Å². The van der Waals surface area contributed by atoms with Gasteiger partial charge in [0.15, 0.2) is 12.0 Å². The molecular formula is C11H17N5O4. The molecule has 0 unspecified atom stereocenters. The number of aromatic nitrogens is 1. The number of hydrogen-bond donors (Lipinski definition) is 6. The lowest BCUT2D eigenvalue weighted by molar-refractivity contribution is -0.0218. The van der Waals surface area contributed by atoms with Gasteiger partial charge in [-0.3, -0.25) is 0 Å². The molecule has 0 aliphatic carbocycles. The lowest BCUT2D eigenvalue weighted by atomic mass is 10.1. The molecule has 8 N–H and O–H groups in total. The number of fused-ring (bicyclic) bond motifs is 1. The Kier molecular flexibility index (Phi) is 3.05. The van der Waals surface area contributed by atoms with Gasteiger partial charge in [0.25, 0.3) is 0 Å². The fourth-order valence-electron chi connectivity index (χ4n) is 2.59. The molecule has 2 aliphatic heterocycles. The molecule has 0 bridgehead atoms. The standard InChI is InChI=1S/C11H17N5O4/c12-6-1-4-7(10(13)15-6)14-3-16(4)11-9(19)8(18)5(2-17)20-11/h1,5,8-9,11,14,17-19H,2-3H2,(H4,12,13,15)/t5-,8-,9+,11-/m1/s1. The summed E-state index contributed by atoms with van der Waals surface area (Å²) >= 11 is 0. The highest BCUT2D eigenvalue weighted by Crippen LogP contribution is 2.40. The smallest absolute Gasteiger partial charge is 0.161 e. The zero-order chi connectivity index (χ0) is 14.4. The van der Waals surface area contributed by atoms with Crippen molar-refractivity contribution in [1.29, 1.82) is 0 Å². The van der Waals surface area contributed by atoms with Crippen LogP contribution in [0.4, 0.5) is 23.0 Å². The normalized spacial score (nSPS) is 32.2. The Morgan fingerprint density at radius 3 is 2.80 bits per heavy atom. The van der Waals surface area contributed by atoms with Crippen molar-refractivity contribution >= 4 is 23.0 Å². The SMILES string of the molecule is Nc1cc2c(c(N)n1)NCN2[C@@H]1O[C@H](CO)[C@@H](O)[C@@H]1O. The van der Waals surface area contributed by atoms with Crippen LogP contribution in [0.5, 0.6) is 0 Å². The van der Waals surface area contributed by atoms with E-state index in [1.165, 1.54) is 0 Å². The molecule has 1 fully saturated rings. The molecule has 1 aromatic heterocycles. The molecule has 2 aliphatic rings. The van der Waals surface area contributed by atoms with Gasteiger partial charge in [0.05, 0.1) is 19.0 Å². The first-order chi connectivity index (χ1) is 9.52. The van der Waals surface area contributed by atoms with Crippen molar-refractivity contribution in [1.82, 2.24) is 4.98 Å². The molecule has 1 saturated heterocycles. The minimum Gasteiger partial charge on any atom is -0.394 e.